The van der Waals surface area contributed by atoms with Gasteiger partial charge in [-0.05, 0) is 31.1 Å². The molecule has 3 unspecified atom stereocenters. The Kier molecular flexibility index (Phi) is 4.74. The van der Waals surface area contributed by atoms with E-state index in [-0.39, 0.29) is 12.7 Å². The number of rotatable bonds is 4. The van der Waals surface area contributed by atoms with Crippen LogP contribution in [0.3, 0.4) is 0 Å². The van der Waals surface area contributed by atoms with Crippen molar-refractivity contribution in [3.8, 4) is 0 Å². The molecule has 0 aromatic carbocycles. The van der Waals surface area contributed by atoms with Crippen molar-refractivity contribution in [2.24, 2.45) is 11.8 Å². The first-order valence-electron chi connectivity index (χ1n) is 5.58. The van der Waals surface area contributed by atoms with Gasteiger partial charge in [0.05, 0.1) is 6.10 Å². The van der Waals surface area contributed by atoms with Gasteiger partial charge in [-0.3, -0.25) is 0 Å². The van der Waals surface area contributed by atoms with Gasteiger partial charge in [-0.2, -0.15) is 0 Å². The molecule has 1 rings (SSSR count). The first-order chi connectivity index (χ1) is 6.29. The molecule has 0 spiro atoms. The average Bonchev–Trinajstić information content (AvgIpc) is 2.18. The van der Waals surface area contributed by atoms with Crippen LogP contribution in [0.4, 0.5) is 0 Å². The summed E-state index contributed by atoms with van der Waals surface area (Å²) in [6.45, 7) is 2.31. The number of hydrogen-bond donors (Lipinski definition) is 2. The summed E-state index contributed by atoms with van der Waals surface area (Å²) < 4.78 is 0. The zero-order valence-corrected chi connectivity index (χ0v) is 8.58. The summed E-state index contributed by atoms with van der Waals surface area (Å²) >= 11 is 0. The molecule has 78 valence electrons. The molecular weight excluding hydrogens is 164 g/mol. The molecule has 2 N–H and O–H groups in total. The fourth-order valence-electron chi connectivity index (χ4n) is 2.57. The van der Waals surface area contributed by atoms with Gasteiger partial charge in [0, 0.05) is 6.61 Å². The van der Waals surface area contributed by atoms with E-state index >= 15 is 0 Å². The minimum Gasteiger partial charge on any atom is -0.396 e. The largest absolute Gasteiger partial charge is 0.396 e. The van der Waals surface area contributed by atoms with E-state index in [1.807, 2.05) is 6.92 Å². The Hall–Kier alpha value is -0.0800. The molecule has 1 aliphatic carbocycles. The van der Waals surface area contributed by atoms with Crippen LogP contribution in [-0.2, 0) is 0 Å². The van der Waals surface area contributed by atoms with Crippen molar-refractivity contribution in [3.05, 3.63) is 0 Å². The molecule has 2 nitrogen and oxygen atoms in total. The SMILES string of the molecule is CCC(O)C1CCCCC1CCO. The van der Waals surface area contributed by atoms with Gasteiger partial charge in [-0.1, -0.05) is 26.2 Å². The highest BCUT2D eigenvalue weighted by Crippen LogP contribution is 2.35. The van der Waals surface area contributed by atoms with Gasteiger partial charge in [-0.15, -0.1) is 0 Å². The monoisotopic (exact) mass is 186 g/mol. The molecule has 3 atom stereocenters. The molecular formula is C11H22O2. The second-order valence-corrected chi connectivity index (χ2v) is 4.20. The second kappa shape index (κ2) is 5.61. The molecule has 1 saturated carbocycles. The topological polar surface area (TPSA) is 40.5 Å². The first-order valence-corrected chi connectivity index (χ1v) is 5.58. The highest BCUT2D eigenvalue weighted by atomic mass is 16.3. The molecule has 0 aromatic heterocycles. The maximum absolute atomic E-state index is 9.80. The van der Waals surface area contributed by atoms with Gasteiger partial charge in [0.25, 0.3) is 0 Å². The summed E-state index contributed by atoms with van der Waals surface area (Å²) in [7, 11) is 0. The Morgan fingerprint density at radius 3 is 2.62 bits per heavy atom. The standard InChI is InChI=1S/C11H22O2/c1-2-11(13)10-6-4-3-5-9(10)7-8-12/h9-13H,2-8H2,1H3. The molecule has 0 bridgehead atoms. The Morgan fingerprint density at radius 1 is 1.31 bits per heavy atom. The fourth-order valence-corrected chi connectivity index (χ4v) is 2.57. The molecule has 0 heterocycles. The van der Waals surface area contributed by atoms with E-state index < -0.39 is 0 Å². The summed E-state index contributed by atoms with van der Waals surface area (Å²) in [5.41, 5.74) is 0. The predicted molar refractivity (Wildman–Crippen MR) is 53.4 cm³/mol. The first kappa shape index (κ1) is 11.0. The van der Waals surface area contributed by atoms with E-state index in [1.54, 1.807) is 0 Å². The van der Waals surface area contributed by atoms with Crippen molar-refractivity contribution < 1.29 is 10.2 Å². The highest BCUT2D eigenvalue weighted by Gasteiger charge is 2.29. The molecule has 0 aliphatic heterocycles. The molecule has 0 radical (unpaired) electrons. The van der Waals surface area contributed by atoms with E-state index in [1.165, 1.54) is 19.3 Å². The van der Waals surface area contributed by atoms with Crippen molar-refractivity contribution in [2.45, 2.75) is 51.6 Å². The Balaban J connectivity index is 2.45. The maximum atomic E-state index is 9.80. The fraction of sp³-hybridized carbons (Fsp3) is 1.00. The molecule has 1 aliphatic rings. The third kappa shape index (κ3) is 2.96. The van der Waals surface area contributed by atoms with Gasteiger partial charge >= 0.3 is 0 Å². The lowest BCUT2D eigenvalue weighted by Gasteiger charge is -2.34. The summed E-state index contributed by atoms with van der Waals surface area (Å²) in [6.07, 6.45) is 6.47. The van der Waals surface area contributed by atoms with Crippen LogP contribution in [0.15, 0.2) is 0 Å². The van der Waals surface area contributed by atoms with Crippen molar-refractivity contribution in [1.29, 1.82) is 0 Å². The molecule has 2 heteroatoms. The van der Waals surface area contributed by atoms with Crippen LogP contribution in [-0.4, -0.2) is 22.9 Å². The normalized spacial score (nSPS) is 31.6. The van der Waals surface area contributed by atoms with Crippen LogP contribution in [0.5, 0.6) is 0 Å². The lowest BCUT2D eigenvalue weighted by Crippen LogP contribution is -2.30. The molecule has 0 aromatic rings. The van der Waals surface area contributed by atoms with Gasteiger partial charge in [0.2, 0.25) is 0 Å². The van der Waals surface area contributed by atoms with Crippen LogP contribution >= 0.6 is 0 Å². The van der Waals surface area contributed by atoms with Gasteiger partial charge < -0.3 is 10.2 Å². The lowest BCUT2D eigenvalue weighted by molar-refractivity contribution is 0.0357. The van der Waals surface area contributed by atoms with E-state index in [0.29, 0.717) is 11.8 Å². The van der Waals surface area contributed by atoms with Crippen LogP contribution in [0, 0.1) is 11.8 Å². The summed E-state index contributed by atoms with van der Waals surface area (Å²) in [5.74, 6) is 1.01. The van der Waals surface area contributed by atoms with Gasteiger partial charge in [0.1, 0.15) is 0 Å². The smallest absolute Gasteiger partial charge is 0.0568 e. The number of hydrogen-bond acceptors (Lipinski definition) is 2. The summed E-state index contributed by atoms with van der Waals surface area (Å²) in [4.78, 5) is 0. The third-order valence-corrected chi connectivity index (χ3v) is 3.38. The minimum absolute atomic E-state index is 0.142. The van der Waals surface area contributed by atoms with E-state index in [9.17, 15) is 5.11 Å². The zero-order valence-electron chi connectivity index (χ0n) is 8.58. The van der Waals surface area contributed by atoms with Crippen LogP contribution in [0.2, 0.25) is 0 Å². The third-order valence-electron chi connectivity index (χ3n) is 3.38. The summed E-state index contributed by atoms with van der Waals surface area (Å²) in [6, 6.07) is 0. The molecule has 0 amide bonds. The molecule has 13 heavy (non-hydrogen) atoms. The number of aliphatic hydroxyl groups excluding tert-OH is 2. The van der Waals surface area contributed by atoms with E-state index in [0.717, 1.165) is 19.3 Å². The van der Waals surface area contributed by atoms with Crippen LogP contribution in [0.25, 0.3) is 0 Å². The van der Waals surface area contributed by atoms with Crippen LogP contribution in [0.1, 0.15) is 45.4 Å². The summed E-state index contributed by atoms with van der Waals surface area (Å²) in [5, 5.41) is 18.7. The Morgan fingerprint density at radius 2 is 2.00 bits per heavy atom. The van der Waals surface area contributed by atoms with Crippen molar-refractivity contribution >= 4 is 0 Å². The van der Waals surface area contributed by atoms with Crippen molar-refractivity contribution in [2.75, 3.05) is 6.61 Å². The quantitative estimate of drug-likeness (QED) is 0.704. The van der Waals surface area contributed by atoms with Crippen molar-refractivity contribution in [1.82, 2.24) is 0 Å². The van der Waals surface area contributed by atoms with Crippen LogP contribution < -0.4 is 0 Å². The predicted octanol–water partition coefficient (Wildman–Crippen LogP) is 1.95. The highest BCUT2D eigenvalue weighted by molar-refractivity contribution is 4.79. The maximum Gasteiger partial charge on any atom is 0.0568 e. The Labute approximate surface area is 81.0 Å². The van der Waals surface area contributed by atoms with Crippen molar-refractivity contribution in [3.63, 3.8) is 0 Å². The Bertz CT molecular complexity index is 134. The second-order valence-electron chi connectivity index (χ2n) is 4.20. The average molecular weight is 186 g/mol. The molecule has 0 saturated heterocycles. The van der Waals surface area contributed by atoms with Gasteiger partial charge in [-0.25, -0.2) is 0 Å². The molecule has 1 fully saturated rings. The zero-order chi connectivity index (χ0) is 9.68. The van der Waals surface area contributed by atoms with E-state index in [4.69, 9.17) is 5.11 Å². The minimum atomic E-state index is -0.142. The van der Waals surface area contributed by atoms with E-state index in [2.05, 4.69) is 0 Å². The number of aliphatic hydroxyl groups is 2. The van der Waals surface area contributed by atoms with Gasteiger partial charge in [0.15, 0.2) is 0 Å². The lowest BCUT2D eigenvalue weighted by atomic mass is 9.74.